The summed E-state index contributed by atoms with van der Waals surface area (Å²) in [5.41, 5.74) is 1.26. The molecule has 1 fully saturated rings. The molecule has 3 nitrogen and oxygen atoms in total. The van der Waals surface area contributed by atoms with Gasteiger partial charge in [-0.25, -0.2) is 0 Å². The molecule has 0 bridgehead atoms. The number of nitrogens with zero attached hydrogens (tertiary/aromatic N) is 1. The third-order valence-corrected chi connectivity index (χ3v) is 3.04. The number of hydrogen-bond acceptors (Lipinski definition) is 2. The van der Waals surface area contributed by atoms with Gasteiger partial charge in [-0.05, 0) is 30.9 Å². The van der Waals surface area contributed by atoms with E-state index in [0.717, 1.165) is 19.3 Å². The van der Waals surface area contributed by atoms with Crippen LogP contribution in [0.3, 0.4) is 0 Å². The molecule has 3 heteroatoms. The number of allylic oxidation sites excluding steroid dienone is 1. The van der Waals surface area contributed by atoms with Crippen molar-refractivity contribution in [1.82, 2.24) is 4.90 Å². The molecule has 1 aromatic carbocycles. The number of imide groups is 1. The highest BCUT2D eigenvalue weighted by Crippen LogP contribution is 2.10. The van der Waals surface area contributed by atoms with Crippen molar-refractivity contribution in [1.29, 1.82) is 0 Å². The fourth-order valence-corrected chi connectivity index (χ4v) is 2.05. The van der Waals surface area contributed by atoms with Crippen LogP contribution in [0.5, 0.6) is 0 Å². The van der Waals surface area contributed by atoms with E-state index in [1.54, 1.807) is 0 Å². The van der Waals surface area contributed by atoms with Crippen LogP contribution in [0.2, 0.25) is 0 Å². The third-order valence-electron chi connectivity index (χ3n) is 3.04. The second-order valence-electron chi connectivity index (χ2n) is 4.41. The summed E-state index contributed by atoms with van der Waals surface area (Å²) in [7, 11) is 0. The van der Waals surface area contributed by atoms with Gasteiger partial charge in [0.15, 0.2) is 0 Å². The number of hydrogen-bond donors (Lipinski definition) is 0. The fraction of sp³-hybridized carbons (Fsp3) is 0.333. The van der Waals surface area contributed by atoms with Crippen molar-refractivity contribution in [3.8, 4) is 0 Å². The van der Waals surface area contributed by atoms with Crippen LogP contribution in [0.25, 0.3) is 0 Å². The molecule has 0 spiro atoms. The lowest BCUT2D eigenvalue weighted by Gasteiger charge is -2.09. The second kappa shape index (κ2) is 6.15. The van der Waals surface area contributed by atoms with E-state index >= 15 is 0 Å². The molecule has 2 rings (SSSR count). The minimum Gasteiger partial charge on any atom is -0.279 e. The molecule has 0 saturated carbocycles. The van der Waals surface area contributed by atoms with E-state index in [1.165, 1.54) is 16.5 Å². The van der Waals surface area contributed by atoms with Crippen LogP contribution in [0.1, 0.15) is 24.8 Å². The molecule has 0 atom stereocenters. The topological polar surface area (TPSA) is 37.4 Å². The average molecular weight is 243 g/mol. The summed E-state index contributed by atoms with van der Waals surface area (Å²) in [4.78, 5) is 24.4. The highest BCUT2D eigenvalue weighted by molar-refractivity contribution is 6.01. The number of amides is 2. The zero-order chi connectivity index (χ0) is 12.8. The summed E-state index contributed by atoms with van der Waals surface area (Å²) in [5.74, 6) is -0.224. The maximum Gasteiger partial charge on any atom is 0.252 e. The van der Waals surface area contributed by atoms with Crippen molar-refractivity contribution in [3.63, 3.8) is 0 Å². The van der Waals surface area contributed by atoms with Crippen molar-refractivity contribution >= 4 is 11.8 Å². The Balaban J connectivity index is 1.78. The van der Waals surface area contributed by atoms with Gasteiger partial charge in [0.1, 0.15) is 0 Å². The van der Waals surface area contributed by atoms with Crippen molar-refractivity contribution in [3.05, 3.63) is 48.0 Å². The number of carbonyl (C=O) groups is 2. The minimum absolute atomic E-state index is 0.0484. The maximum atomic E-state index is 11.7. The Morgan fingerprint density at radius 3 is 2.72 bits per heavy atom. The maximum absolute atomic E-state index is 11.7. The Kier molecular flexibility index (Phi) is 4.29. The molecule has 1 aliphatic heterocycles. The molecular weight excluding hydrogens is 226 g/mol. The highest BCUT2D eigenvalue weighted by atomic mass is 16.2. The number of aryl methyl sites for hydroxylation is 1. The first-order chi connectivity index (χ1) is 8.77. The highest BCUT2D eigenvalue weighted by Gasteiger charge is 2.24. The molecule has 0 radical (unpaired) electrons. The van der Waals surface area contributed by atoms with Crippen LogP contribution < -0.4 is 0 Å². The lowest BCUT2D eigenvalue weighted by molar-refractivity contribution is -0.138. The predicted octanol–water partition coefficient (Wildman–Crippen LogP) is 2.32. The Hall–Kier alpha value is -1.90. The molecule has 0 aromatic heterocycles. The average Bonchev–Trinajstić information content (AvgIpc) is 2.82. The standard InChI is InChI=1S/C15H17NO2/c17-14(16-12-6-11-15(16)18)10-5-4-9-13-7-2-1-3-8-13/h1-3,5,7-8,10H,4,6,9,11-12H2/b10-5+. The quantitative estimate of drug-likeness (QED) is 0.761. The summed E-state index contributed by atoms with van der Waals surface area (Å²) in [5, 5.41) is 0. The first-order valence-corrected chi connectivity index (χ1v) is 6.32. The zero-order valence-corrected chi connectivity index (χ0v) is 10.3. The van der Waals surface area contributed by atoms with E-state index in [4.69, 9.17) is 0 Å². The summed E-state index contributed by atoms with van der Waals surface area (Å²) >= 11 is 0. The molecule has 18 heavy (non-hydrogen) atoms. The van der Waals surface area contributed by atoms with Gasteiger partial charge in [0.25, 0.3) is 5.91 Å². The molecular formula is C15H17NO2. The smallest absolute Gasteiger partial charge is 0.252 e. The monoisotopic (exact) mass is 243 g/mol. The van der Waals surface area contributed by atoms with Crippen molar-refractivity contribution in [2.75, 3.05) is 6.54 Å². The van der Waals surface area contributed by atoms with Crippen LogP contribution in [-0.4, -0.2) is 23.3 Å². The number of likely N-dealkylation sites (tertiary alicyclic amines) is 1. The number of rotatable bonds is 4. The lowest BCUT2D eigenvalue weighted by atomic mass is 10.1. The van der Waals surface area contributed by atoms with Gasteiger partial charge < -0.3 is 0 Å². The van der Waals surface area contributed by atoms with Gasteiger partial charge in [-0.1, -0.05) is 36.4 Å². The Morgan fingerprint density at radius 1 is 1.28 bits per heavy atom. The van der Waals surface area contributed by atoms with Gasteiger partial charge in [0, 0.05) is 13.0 Å². The number of benzene rings is 1. The molecule has 0 unspecified atom stereocenters. The van der Waals surface area contributed by atoms with Crippen LogP contribution >= 0.6 is 0 Å². The molecule has 1 aliphatic rings. The summed E-state index contributed by atoms with van der Waals surface area (Å²) in [6, 6.07) is 10.1. The third kappa shape index (κ3) is 3.29. The SMILES string of the molecule is O=C(/C=C/CCc1ccccc1)N1CCCC1=O. The van der Waals surface area contributed by atoms with Gasteiger partial charge in [-0.2, -0.15) is 0 Å². The van der Waals surface area contributed by atoms with Gasteiger partial charge in [-0.3, -0.25) is 14.5 Å². The van der Waals surface area contributed by atoms with E-state index in [2.05, 4.69) is 12.1 Å². The Bertz CT molecular complexity index is 451. The van der Waals surface area contributed by atoms with Crippen LogP contribution in [0.4, 0.5) is 0 Å². The minimum atomic E-state index is -0.175. The van der Waals surface area contributed by atoms with Gasteiger partial charge in [0.05, 0.1) is 0 Å². The largest absolute Gasteiger partial charge is 0.279 e. The summed E-state index contributed by atoms with van der Waals surface area (Å²) in [6.45, 7) is 0.570. The van der Waals surface area contributed by atoms with Gasteiger partial charge in [-0.15, -0.1) is 0 Å². The normalized spacial score (nSPS) is 15.6. The molecule has 94 valence electrons. The second-order valence-corrected chi connectivity index (χ2v) is 4.41. The molecule has 1 aromatic rings. The summed E-state index contributed by atoms with van der Waals surface area (Å²) in [6.07, 6.45) is 6.40. The molecule has 1 saturated heterocycles. The molecule has 2 amide bonds. The first kappa shape index (κ1) is 12.6. The van der Waals surface area contributed by atoms with Crippen LogP contribution in [0, 0.1) is 0 Å². The molecule has 0 N–H and O–H groups in total. The van der Waals surface area contributed by atoms with E-state index in [1.807, 2.05) is 24.3 Å². The zero-order valence-electron chi connectivity index (χ0n) is 10.3. The summed E-state index contributed by atoms with van der Waals surface area (Å²) < 4.78 is 0. The molecule has 0 aliphatic carbocycles. The molecule has 1 heterocycles. The lowest BCUT2D eigenvalue weighted by Crippen LogP contribution is -2.30. The Labute approximate surface area is 107 Å². The van der Waals surface area contributed by atoms with Crippen LogP contribution in [0.15, 0.2) is 42.5 Å². The van der Waals surface area contributed by atoms with Gasteiger partial charge in [0.2, 0.25) is 5.91 Å². The Morgan fingerprint density at radius 2 is 2.06 bits per heavy atom. The van der Waals surface area contributed by atoms with Crippen molar-refractivity contribution < 1.29 is 9.59 Å². The van der Waals surface area contributed by atoms with E-state index in [0.29, 0.717) is 13.0 Å². The van der Waals surface area contributed by atoms with E-state index in [9.17, 15) is 9.59 Å². The van der Waals surface area contributed by atoms with Crippen LogP contribution in [-0.2, 0) is 16.0 Å². The van der Waals surface area contributed by atoms with E-state index in [-0.39, 0.29) is 11.8 Å². The van der Waals surface area contributed by atoms with Gasteiger partial charge >= 0.3 is 0 Å². The van der Waals surface area contributed by atoms with Crippen molar-refractivity contribution in [2.24, 2.45) is 0 Å². The first-order valence-electron chi connectivity index (χ1n) is 6.32. The predicted molar refractivity (Wildman–Crippen MR) is 69.9 cm³/mol. The fourth-order valence-electron chi connectivity index (χ4n) is 2.05. The number of carbonyl (C=O) groups excluding carboxylic acids is 2. The van der Waals surface area contributed by atoms with Crippen molar-refractivity contribution in [2.45, 2.75) is 25.7 Å². The van der Waals surface area contributed by atoms with E-state index < -0.39 is 0 Å².